The van der Waals surface area contributed by atoms with Crippen molar-refractivity contribution < 1.29 is 4.79 Å². The van der Waals surface area contributed by atoms with Gasteiger partial charge in [-0.1, -0.05) is 6.07 Å². The molecule has 0 spiro atoms. The largest absolute Gasteiger partial charge is 0.340 e. The Morgan fingerprint density at radius 1 is 1.55 bits per heavy atom. The fourth-order valence-corrected chi connectivity index (χ4v) is 4.14. The van der Waals surface area contributed by atoms with Crippen LogP contribution < -0.4 is 5.32 Å². The van der Waals surface area contributed by atoms with Crippen LogP contribution in [0.2, 0.25) is 0 Å². The van der Waals surface area contributed by atoms with E-state index in [0.29, 0.717) is 12.6 Å². The van der Waals surface area contributed by atoms with Gasteiger partial charge >= 0.3 is 0 Å². The topological polar surface area (TPSA) is 35.6 Å². The van der Waals surface area contributed by atoms with Crippen molar-refractivity contribution in [3.63, 3.8) is 0 Å². The van der Waals surface area contributed by atoms with Gasteiger partial charge in [0.2, 0.25) is 5.91 Å². The molecule has 1 aromatic heterocycles. The minimum absolute atomic E-state index is 0.242. The van der Waals surface area contributed by atoms with E-state index < -0.39 is 0 Å². The molecule has 5 heteroatoms. The minimum Gasteiger partial charge on any atom is -0.340 e. The van der Waals surface area contributed by atoms with Gasteiger partial charge in [-0.3, -0.25) is 9.69 Å². The van der Waals surface area contributed by atoms with E-state index in [-0.39, 0.29) is 5.91 Å². The molecule has 2 atom stereocenters. The highest BCUT2D eigenvalue weighted by molar-refractivity contribution is 7.09. The van der Waals surface area contributed by atoms with Gasteiger partial charge in [0.15, 0.2) is 0 Å². The lowest BCUT2D eigenvalue weighted by atomic mass is 9.92. The van der Waals surface area contributed by atoms with Crippen LogP contribution in [0.15, 0.2) is 17.5 Å². The summed E-state index contributed by atoms with van der Waals surface area (Å²) in [4.78, 5) is 17.9. The molecule has 1 aromatic rings. The summed E-state index contributed by atoms with van der Waals surface area (Å²) >= 11 is 1.71. The molecular formula is C15H23N3OS. The van der Waals surface area contributed by atoms with Gasteiger partial charge < -0.3 is 10.2 Å². The number of hydrogen-bond acceptors (Lipinski definition) is 4. The summed E-state index contributed by atoms with van der Waals surface area (Å²) in [6.45, 7) is 4.55. The molecule has 0 saturated carbocycles. The molecule has 1 amide bonds. The Hall–Kier alpha value is -0.910. The lowest BCUT2D eigenvalue weighted by molar-refractivity contribution is -0.132. The Bertz CT molecular complexity index is 448. The van der Waals surface area contributed by atoms with E-state index in [1.165, 1.54) is 17.7 Å². The maximum absolute atomic E-state index is 12.4. The molecule has 3 heterocycles. The summed E-state index contributed by atoms with van der Waals surface area (Å²) in [5, 5.41) is 5.53. The highest BCUT2D eigenvalue weighted by atomic mass is 32.1. The van der Waals surface area contributed by atoms with E-state index in [1.807, 2.05) is 18.0 Å². The lowest BCUT2D eigenvalue weighted by Crippen LogP contribution is -2.49. The van der Waals surface area contributed by atoms with Gasteiger partial charge in [-0.05, 0) is 43.3 Å². The molecule has 2 saturated heterocycles. The minimum atomic E-state index is 0.242. The van der Waals surface area contributed by atoms with E-state index in [9.17, 15) is 4.79 Å². The first-order valence-electron chi connectivity index (χ1n) is 7.45. The molecule has 1 N–H and O–H groups in total. The average Bonchev–Trinajstić information content (AvgIpc) is 3.09. The van der Waals surface area contributed by atoms with Gasteiger partial charge in [-0.2, -0.15) is 0 Å². The second kappa shape index (κ2) is 6.24. The predicted octanol–water partition coefficient (Wildman–Crippen LogP) is 1.39. The van der Waals surface area contributed by atoms with Crippen molar-refractivity contribution in [2.24, 2.45) is 5.92 Å². The van der Waals surface area contributed by atoms with E-state index in [2.05, 4.69) is 21.7 Å². The van der Waals surface area contributed by atoms with Crippen molar-refractivity contribution in [1.29, 1.82) is 0 Å². The zero-order valence-corrected chi connectivity index (χ0v) is 12.9. The third kappa shape index (κ3) is 3.05. The number of thiophene rings is 1. The van der Waals surface area contributed by atoms with Gasteiger partial charge in [0.05, 0.1) is 13.1 Å². The Morgan fingerprint density at radius 3 is 3.25 bits per heavy atom. The Morgan fingerprint density at radius 2 is 2.45 bits per heavy atom. The van der Waals surface area contributed by atoms with Crippen LogP contribution in [0.25, 0.3) is 0 Å². The molecule has 4 nitrogen and oxygen atoms in total. The normalized spacial score (nSPS) is 26.4. The van der Waals surface area contributed by atoms with Crippen LogP contribution >= 0.6 is 11.3 Å². The quantitative estimate of drug-likeness (QED) is 0.911. The number of amides is 1. The third-order valence-corrected chi connectivity index (χ3v) is 5.39. The number of nitrogens with zero attached hydrogens (tertiary/aromatic N) is 2. The van der Waals surface area contributed by atoms with Crippen LogP contribution in [0, 0.1) is 5.92 Å². The monoisotopic (exact) mass is 293 g/mol. The van der Waals surface area contributed by atoms with Gasteiger partial charge in [-0.15, -0.1) is 11.3 Å². The summed E-state index contributed by atoms with van der Waals surface area (Å²) in [7, 11) is 1.91. The van der Waals surface area contributed by atoms with E-state index in [0.717, 1.165) is 32.1 Å². The zero-order valence-electron chi connectivity index (χ0n) is 12.0. The number of likely N-dealkylation sites (tertiary alicyclic amines) is 1. The van der Waals surface area contributed by atoms with Crippen molar-refractivity contribution in [3.8, 4) is 0 Å². The van der Waals surface area contributed by atoms with Crippen LogP contribution in [-0.2, 0) is 11.3 Å². The number of fused-ring (bicyclic) bond motifs is 1. The van der Waals surface area contributed by atoms with Gasteiger partial charge in [0.25, 0.3) is 0 Å². The van der Waals surface area contributed by atoms with Gasteiger partial charge in [0, 0.05) is 24.5 Å². The van der Waals surface area contributed by atoms with Crippen LogP contribution in [0.3, 0.4) is 0 Å². The first kappa shape index (κ1) is 14.0. The van der Waals surface area contributed by atoms with Crippen molar-refractivity contribution in [1.82, 2.24) is 15.1 Å². The second-order valence-electron chi connectivity index (χ2n) is 5.93. The Balaban J connectivity index is 1.55. The first-order chi connectivity index (χ1) is 9.74. The van der Waals surface area contributed by atoms with Gasteiger partial charge in [-0.25, -0.2) is 0 Å². The maximum atomic E-state index is 12.4. The molecule has 0 aromatic carbocycles. The predicted molar refractivity (Wildman–Crippen MR) is 81.7 cm³/mol. The SMILES string of the molecule is CN(Cc1cccs1)C(=O)CN1CCCC2CNCC21. The summed E-state index contributed by atoms with van der Waals surface area (Å²) in [5.41, 5.74) is 0. The summed E-state index contributed by atoms with van der Waals surface area (Å²) in [5.74, 6) is 0.991. The standard InChI is InChI=1S/C15H23N3OS/c1-17(10-13-5-3-7-20-13)15(19)11-18-6-2-4-12-8-16-9-14(12)18/h3,5,7,12,14,16H,2,4,6,8-11H2,1H3. The fraction of sp³-hybridized carbons (Fsp3) is 0.667. The van der Waals surface area contributed by atoms with Crippen LogP contribution in [-0.4, -0.2) is 55.0 Å². The average molecular weight is 293 g/mol. The molecule has 2 fully saturated rings. The molecule has 0 bridgehead atoms. The van der Waals surface area contributed by atoms with E-state index in [4.69, 9.17) is 0 Å². The van der Waals surface area contributed by atoms with Crippen molar-refractivity contribution >= 4 is 17.2 Å². The summed E-state index contributed by atoms with van der Waals surface area (Å²) in [6.07, 6.45) is 2.54. The molecule has 110 valence electrons. The Labute approximate surface area is 124 Å². The molecular weight excluding hydrogens is 270 g/mol. The van der Waals surface area contributed by atoms with Crippen molar-refractivity contribution in [2.45, 2.75) is 25.4 Å². The highest BCUT2D eigenvalue weighted by Gasteiger charge is 2.35. The molecule has 3 rings (SSSR count). The second-order valence-corrected chi connectivity index (χ2v) is 6.96. The number of rotatable bonds is 4. The molecule has 2 aliphatic heterocycles. The number of carbonyl (C=O) groups is 1. The lowest BCUT2D eigenvalue weighted by Gasteiger charge is -2.37. The number of carbonyl (C=O) groups excluding carboxylic acids is 1. The van der Waals surface area contributed by atoms with Crippen LogP contribution in [0.4, 0.5) is 0 Å². The highest BCUT2D eigenvalue weighted by Crippen LogP contribution is 2.26. The van der Waals surface area contributed by atoms with Crippen molar-refractivity contribution in [3.05, 3.63) is 22.4 Å². The molecule has 2 unspecified atom stereocenters. The zero-order chi connectivity index (χ0) is 13.9. The third-order valence-electron chi connectivity index (χ3n) is 4.53. The summed E-state index contributed by atoms with van der Waals surface area (Å²) < 4.78 is 0. The van der Waals surface area contributed by atoms with Crippen molar-refractivity contribution in [2.75, 3.05) is 33.2 Å². The maximum Gasteiger partial charge on any atom is 0.236 e. The Kier molecular flexibility index (Phi) is 4.38. The number of nitrogens with one attached hydrogen (secondary N) is 1. The van der Waals surface area contributed by atoms with Crippen LogP contribution in [0.1, 0.15) is 17.7 Å². The van der Waals surface area contributed by atoms with E-state index >= 15 is 0 Å². The number of likely N-dealkylation sites (N-methyl/N-ethyl adjacent to an activating group) is 1. The number of piperidine rings is 1. The first-order valence-corrected chi connectivity index (χ1v) is 8.33. The van der Waals surface area contributed by atoms with E-state index in [1.54, 1.807) is 11.3 Å². The molecule has 2 aliphatic rings. The molecule has 0 aliphatic carbocycles. The fourth-order valence-electron chi connectivity index (χ4n) is 3.38. The van der Waals surface area contributed by atoms with Gasteiger partial charge in [0.1, 0.15) is 0 Å². The summed E-state index contributed by atoms with van der Waals surface area (Å²) in [6, 6.07) is 4.70. The molecule has 20 heavy (non-hydrogen) atoms. The smallest absolute Gasteiger partial charge is 0.236 e. The number of hydrogen-bond donors (Lipinski definition) is 1. The van der Waals surface area contributed by atoms with Crippen LogP contribution in [0.5, 0.6) is 0 Å². The molecule has 0 radical (unpaired) electrons.